The molecule has 0 spiro atoms. The third-order valence-corrected chi connectivity index (χ3v) is 2.60. The van der Waals surface area contributed by atoms with Crippen LogP contribution in [0.4, 0.5) is 0 Å². The van der Waals surface area contributed by atoms with Crippen molar-refractivity contribution in [1.82, 2.24) is 0 Å². The van der Waals surface area contributed by atoms with Gasteiger partial charge in [0.25, 0.3) is 0 Å². The fraction of sp³-hybridized carbons (Fsp3) is 1.00. The lowest BCUT2D eigenvalue weighted by atomic mass is 9.86. The van der Waals surface area contributed by atoms with E-state index in [9.17, 15) is 0 Å². The molecule has 102 valence electrons. The van der Waals surface area contributed by atoms with Gasteiger partial charge in [0.2, 0.25) is 0 Å². The molecule has 0 fully saturated rings. The molecule has 0 bridgehead atoms. The summed E-state index contributed by atoms with van der Waals surface area (Å²) >= 11 is 0. The standard InChI is InChI=1S/C10H22.2C3H8/c1-5-8-9(4)10(6-2)7-3;2*1-3-2/h9-10H,5-8H2,1-4H3;2*3H2,1-2H3. The van der Waals surface area contributed by atoms with Gasteiger partial charge in [-0.05, 0) is 11.8 Å². The molecule has 16 heavy (non-hydrogen) atoms. The molecule has 0 saturated carbocycles. The lowest BCUT2D eigenvalue weighted by Crippen LogP contribution is -2.08. The van der Waals surface area contributed by atoms with E-state index < -0.39 is 0 Å². The normalized spacial score (nSPS) is 11.1. The topological polar surface area (TPSA) is 0 Å². The van der Waals surface area contributed by atoms with E-state index >= 15 is 0 Å². The Hall–Kier alpha value is 0. The lowest BCUT2D eigenvalue weighted by Gasteiger charge is -2.19. The third-order valence-electron chi connectivity index (χ3n) is 2.60. The predicted octanol–water partition coefficient (Wildman–Crippen LogP) is 6.69. The molecule has 0 aliphatic heterocycles. The zero-order valence-corrected chi connectivity index (χ0v) is 13.4. The van der Waals surface area contributed by atoms with Crippen LogP contribution in [0.15, 0.2) is 0 Å². The van der Waals surface area contributed by atoms with Gasteiger partial charge in [0.1, 0.15) is 0 Å². The molecule has 0 aliphatic carbocycles. The number of hydrogen-bond donors (Lipinski definition) is 0. The minimum absolute atomic E-state index is 0.944. The Balaban J connectivity index is -0.000000235. The Morgan fingerprint density at radius 3 is 1.19 bits per heavy atom. The summed E-state index contributed by atoms with van der Waals surface area (Å²) in [4.78, 5) is 0. The van der Waals surface area contributed by atoms with E-state index in [-0.39, 0.29) is 0 Å². The van der Waals surface area contributed by atoms with Crippen LogP contribution in [0.1, 0.15) is 93.9 Å². The van der Waals surface area contributed by atoms with Crippen LogP contribution in [0.25, 0.3) is 0 Å². The fourth-order valence-electron chi connectivity index (χ4n) is 1.78. The smallest absolute Gasteiger partial charge is 0.0394 e. The molecule has 0 radical (unpaired) electrons. The van der Waals surface area contributed by atoms with Gasteiger partial charge in [-0.15, -0.1) is 0 Å². The zero-order valence-electron chi connectivity index (χ0n) is 13.4. The first-order valence-corrected chi connectivity index (χ1v) is 7.59. The molecule has 0 aromatic carbocycles. The van der Waals surface area contributed by atoms with E-state index in [0.717, 1.165) is 11.8 Å². The molecule has 0 saturated heterocycles. The Kier molecular flexibility index (Phi) is 27.2. The van der Waals surface area contributed by atoms with E-state index in [4.69, 9.17) is 0 Å². The second kappa shape index (κ2) is 20.4. The molecular formula is C16H38. The molecule has 0 aromatic rings. The van der Waals surface area contributed by atoms with E-state index in [1.54, 1.807) is 0 Å². The van der Waals surface area contributed by atoms with Crippen molar-refractivity contribution in [2.75, 3.05) is 0 Å². The summed E-state index contributed by atoms with van der Waals surface area (Å²) in [7, 11) is 0. The Bertz CT molecular complexity index is 80.0. The SMILES string of the molecule is CCC.CCC.CCCC(C)C(CC)CC. The van der Waals surface area contributed by atoms with Crippen LogP contribution >= 0.6 is 0 Å². The third kappa shape index (κ3) is 19.6. The predicted molar refractivity (Wildman–Crippen MR) is 80.1 cm³/mol. The van der Waals surface area contributed by atoms with Crippen LogP contribution in [0.2, 0.25) is 0 Å². The van der Waals surface area contributed by atoms with Gasteiger partial charge in [-0.25, -0.2) is 0 Å². The van der Waals surface area contributed by atoms with Crippen molar-refractivity contribution in [3.63, 3.8) is 0 Å². The molecular weight excluding hydrogens is 192 g/mol. The molecule has 0 amide bonds. The summed E-state index contributed by atoms with van der Waals surface area (Å²) < 4.78 is 0. The van der Waals surface area contributed by atoms with Crippen molar-refractivity contribution in [1.29, 1.82) is 0 Å². The highest BCUT2D eigenvalue weighted by atomic mass is 14.2. The second-order valence-electron chi connectivity index (χ2n) is 4.76. The Morgan fingerprint density at radius 1 is 0.688 bits per heavy atom. The van der Waals surface area contributed by atoms with Gasteiger partial charge in [-0.2, -0.15) is 0 Å². The summed E-state index contributed by atoms with van der Waals surface area (Å²) in [6, 6.07) is 0. The monoisotopic (exact) mass is 230 g/mol. The average molecular weight is 230 g/mol. The van der Waals surface area contributed by atoms with Crippen LogP contribution in [-0.4, -0.2) is 0 Å². The molecule has 0 nitrogen and oxygen atoms in total. The molecule has 0 heteroatoms. The Labute approximate surface area is 106 Å². The van der Waals surface area contributed by atoms with Gasteiger partial charge in [0, 0.05) is 0 Å². The van der Waals surface area contributed by atoms with Gasteiger partial charge < -0.3 is 0 Å². The lowest BCUT2D eigenvalue weighted by molar-refractivity contribution is 0.316. The summed E-state index contributed by atoms with van der Waals surface area (Å²) in [6.45, 7) is 17.8. The van der Waals surface area contributed by atoms with Crippen LogP contribution in [0, 0.1) is 11.8 Å². The summed E-state index contributed by atoms with van der Waals surface area (Å²) in [6.07, 6.45) is 7.97. The molecule has 0 heterocycles. The highest BCUT2D eigenvalue weighted by Crippen LogP contribution is 2.22. The van der Waals surface area contributed by atoms with Crippen LogP contribution in [0.5, 0.6) is 0 Å². The highest BCUT2D eigenvalue weighted by molar-refractivity contribution is 4.62. The van der Waals surface area contributed by atoms with Gasteiger partial charge in [-0.3, -0.25) is 0 Å². The first kappa shape index (κ1) is 21.3. The molecule has 1 atom stereocenters. The van der Waals surface area contributed by atoms with Gasteiger partial charge in [0.05, 0.1) is 0 Å². The first-order valence-electron chi connectivity index (χ1n) is 7.59. The van der Waals surface area contributed by atoms with Crippen LogP contribution in [0.3, 0.4) is 0 Å². The maximum Gasteiger partial charge on any atom is -0.0394 e. The van der Waals surface area contributed by atoms with E-state index in [1.807, 2.05) is 0 Å². The van der Waals surface area contributed by atoms with Crippen molar-refractivity contribution in [3.05, 3.63) is 0 Å². The molecule has 0 aliphatic rings. The van der Waals surface area contributed by atoms with Crippen molar-refractivity contribution in [2.45, 2.75) is 93.9 Å². The van der Waals surface area contributed by atoms with E-state index in [0.29, 0.717) is 0 Å². The Morgan fingerprint density at radius 2 is 1.00 bits per heavy atom. The number of hydrogen-bond acceptors (Lipinski definition) is 0. The minimum atomic E-state index is 0.944. The first-order chi connectivity index (χ1) is 7.59. The van der Waals surface area contributed by atoms with Gasteiger partial charge >= 0.3 is 0 Å². The molecule has 0 N–H and O–H groups in total. The average Bonchev–Trinajstić information content (AvgIpc) is 2.22. The maximum absolute atomic E-state index is 2.39. The van der Waals surface area contributed by atoms with Crippen molar-refractivity contribution >= 4 is 0 Å². The minimum Gasteiger partial charge on any atom is -0.0656 e. The van der Waals surface area contributed by atoms with Crippen molar-refractivity contribution < 1.29 is 0 Å². The fourth-order valence-corrected chi connectivity index (χ4v) is 1.78. The molecule has 0 rings (SSSR count). The summed E-state index contributed by atoms with van der Waals surface area (Å²) in [5.41, 5.74) is 0. The van der Waals surface area contributed by atoms with E-state index in [1.165, 1.54) is 38.5 Å². The quantitative estimate of drug-likeness (QED) is 0.493. The largest absolute Gasteiger partial charge is 0.0656 e. The molecule has 0 aromatic heterocycles. The van der Waals surface area contributed by atoms with Crippen LogP contribution < -0.4 is 0 Å². The summed E-state index contributed by atoms with van der Waals surface area (Å²) in [5.74, 6) is 1.92. The van der Waals surface area contributed by atoms with Gasteiger partial charge in [0.15, 0.2) is 0 Å². The van der Waals surface area contributed by atoms with Crippen molar-refractivity contribution in [3.8, 4) is 0 Å². The molecule has 1 unspecified atom stereocenters. The van der Waals surface area contributed by atoms with Gasteiger partial charge in [-0.1, -0.05) is 93.9 Å². The second-order valence-corrected chi connectivity index (χ2v) is 4.76. The number of rotatable bonds is 5. The van der Waals surface area contributed by atoms with Crippen LogP contribution in [-0.2, 0) is 0 Å². The van der Waals surface area contributed by atoms with Crippen molar-refractivity contribution in [2.24, 2.45) is 11.8 Å². The highest BCUT2D eigenvalue weighted by Gasteiger charge is 2.11. The zero-order chi connectivity index (χ0) is 13.4. The van der Waals surface area contributed by atoms with E-state index in [2.05, 4.69) is 55.4 Å². The maximum atomic E-state index is 2.39. The summed E-state index contributed by atoms with van der Waals surface area (Å²) in [5, 5.41) is 0.